The van der Waals surface area contributed by atoms with Crippen molar-refractivity contribution in [3.05, 3.63) is 174 Å². The third kappa shape index (κ3) is 7.18. The Labute approximate surface area is 351 Å². The Morgan fingerprint density at radius 2 is 0.627 bits per heavy atom. The number of fused-ring (bicyclic) bond motifs is 4. The summed E-state index contributed by atoms with van der Waals surface area (Å²) in [7, 11) is 0. The molecule has 0 aromatic heterocycles. The molecule has 2 aliphatic rings. The van der Waals surface area contributed by atoms with E-state index in [2.05, 4.69) is 211 Å². The minimum absolute atomic E-state index is 0.0509. The van der Waals surface area contributed by atoms with E-state index in [9.17, 15) is 0 Å². The number of ether oxygens (including phenoxy) is 2. The van der Waals surface area contributed by atoms with Crippen LogP contribution >= 0.6 is 0 Å². The van der Waals surface area contributed by atoms with Crippen LogP contribution < -0.4 is 35.7 Å². The maximum atomic E-state index is 6.82. The standard InChI is InChI=1S/C54H53BN2O2/c1-34(2)38-12-20-42(21-13-38)56(43-22-14-39(15-23-43)35(3)4)46-28-30-48-52(32-46)58-50-10-9-11-51-54(50)55(48)49-31-29-47(33-53(49)59-51)57(44-24-16-40(17-25-44)36(5)6)45-26-18-41(19-27-45)37(7)8/h9-37H,1-8H3. The average molecular weight is 773 g/mol. The van der Waals surface area contributed by atoms with Gasteiger partial charge in [-0.3, -0.25) is 0 Å². The average Bonchev–Trinajstić information content (AvgIpc) is 3.24. The Kier molecular flexibility index (Phi) is 10.1. The summed E-state index contributed by atoms with van der Waals surface area (Å²) in [6.07, 6.45) is 0. The van der Waals surface area contributed by atoms with Gasteiger partial charge >= 0.3 is 0 Å². The van der Waals surface area contributed by atoms with Gasteiger partial charge in [-0.15, -0.1) is 0 Å². The van der Waals surface area contributed by atoms with Crippen molar-refractivity contribution < 1.29 is 9.47 Å². The summed E-state index contributed by atoms with van der Waals surface area (Å²) in [5.74, 6) is 5.20. The van der Waals surface area contributed by atoms with E-state index in [1.165, 1.54) is 22.3 Å². The number of rotatable bonds is 10. The molecule has 2 aliphatic heterocycles. The molecule has 0 unspecified atom stereocenters. The lowest BCUT2D eigenvalue weighted by Crippen LogP contribution is -2.57. The van der Waals surface area contributed by atoms with Gasteiger partial charge in [-0.05, 0) is 130 Å². The molecule has 0 spiro atoms. The largest absolute Gasteiger partial charge is 0.458 e. The predicted octanol–water partition coefficient (Wildman–Crippen LogP) is 13.8. The normalized spacial score (nSPS) is 12.6. The molecule has 294 valence electrons. The lowest BCUT2D eigenvalue weighted by molar-refractivity contribution is 0.464. The zero-order chi connectivity index (χ0) is 40.9. The van der Waals surface area contributed by atoms with Gasteiger partial charge in [0.2, 0.25) is 0 Å². The topological polar surface area (TPSA) is 24.9 Å². The summed E-state index contributed by atoms with van der Waals surface area (Å²) in [6, 6.07) is 55.5. The molecule has 2 heterocycles. The SMILES string of the molecule is CC(C)c1ccc(N(c2ccc(C(C)C)cc2)c2ccc3c(c2)Oc2cccc4c2B3c2ccc(N(c3ccc(C(C)C)cc3)c3ccc(C(C)C)cc3)cc2O4)cc1. The van der Waals surface area contributed by atoms with Crippen LogP contribution in [0.5, 0.6) is 23.0 Å². The summed E-state index contributed by atoms with van der Waals surface area (Å²) >= 11 is 0. The Hall–Kier alpha value is -6.20. The van der Waals surface area contributed by atoms with Crippen molar-refractivity contribution in [1.29, 1.82) is 0 Å². The molecule has 9 rings (SSSR count). The van der Waals surface area contributed by atoms with Gasteiger partial charge in [0.1, 0.15) is 23.0 Å². The number of benzene rings is 7. The Bertz CT molecular complexity index is 2330. The molecule has 0 N–H and O–H groups in total. The second kappa shape index (κ2) is 15.5. The number of nitrogens with zero attached hydrogens (tertiary/aromatic N) is 2. The third-order valence-corrected chi connectivity index (χ3v) is 12.2. The minimum atomic E-state index is -0.0509. The van der Waals surface area contributed by atoms with Gasteiger partial charge < -0.3 is 19.3 Å². The van der Waals surface area contributed by atoms with Gasteiger partial charge in [0, 0.05) is 51.7 Å². The fourth-order valence-electron chi connectivity index (χ4n) is 8.61. The molecule has 0 aliphatic carbocycles. The van der Waals surface area contributed by atoms with E-state index in [0.29, 0.717) is 23.7 Å². The molecular formula is C54H53BN2O2. The molecular weight excluding hydrogens is 719 g/mol. The number of anilines is 6. The van der Waals surface area contributed by atoms with Gasteiger partial charge in [0.05, 0.1) is 0 Å². The van der Waals surface area contributed by atoms with E-state index in [1.807, 2.05) is 6.07 Å². The smallest absolute Gasteiger partial charge is 0.260 e. The Morgan fingerprint density at radius 1 is 0.339 bits per heavy atom. The fourth-order valence-corrected chi connectivity index (χ4v) is 8.61. The van der Waals surface area contributed by atoms with Crippen molar-refractivity contribution in [1.82, 2.24) is 0 Å². The molecule has 0 saturated carbocycles. The highest BCUT2D eigenvalue weighted by Gasteiger charge is 2.40. The van der Waals surface area contributed by atoms with Gasteiger partial charge in [-0.1, -0.05) is 122 Å². The number of hydrogen-bond donors (Lipinski definition) is 0. The van der Waals surface area contributed by atoms with Crippen molar-refractivity contribution in [3.8, 4) is 23.0 Å². The predicted molar refractivity (Wildman–Crippen MR) is 250 cm³/mol. The van der Waals surface area contributed by atoms with Gasteiger partial charge in [0.15, 0.2) is 0 Å². The molecule has 5 heteroatoms. The monoisotopic (exact) mass is 772 g/mol. The van der Waals surface area contributed by atoms with E-state index in [0.717, 1.165) is 73.5 Å². The maximum absolute atomic E-state index is 6.82. The summed E-state index contributed by atoms with van der Waals surface area (Å²) in [4.78, 5) is 4.67. The molecule has 0 radical (unpaired) electrons. The van der Waals surface area contributed by atoms with E-state index in [4.69, 9.17) is 9.47 Å². The first-order valence-electron chi connectivity index (χ1n) is 21.3. The lowest BCUT2D eigenvalue weighted by atomic mass is 9.35. The maximum Gasteiger partial charge on any atom is 0.260 e. The highest BCUT2D eigenvalue weighted by molar-refractivity contribution is 6.98. The van der Waals surface area contributed by atoms with Crippen LogP contribution in [0.25, 0.3) is 0 Å². The van der Waals surface area contributed by atoms with E-state index in [1.54, 1.807) is 0 Å². The molecule has 4 nitrogen and oxygen atoms in total. The van der Waals surface area contributed by atoms with Crippen molar-refractivity contribution in [3.63, 3.8) is 0 Å². The van der Waals surface area contributed by atoms with Crippen LogP contribution in [0.4, 0.5) is 34.1 Å². The van der Waals surface area contributed by atoms with Crippen molar-refractivity contribution in [2.24, 2.45) is 0 Å². The second-order valence-corrected chi connectivity index (χ2v) is 17.4. The van der Waals surface area contributed by atoms with E-state index < -0.39 is 0 Å². The quantitative estimate of drug-likeness (QED) is 0.129. The summed E-state index contributed by atoms with van der Waals surface area (Å²) in [5.41, 5.74) is 15.1. The highest BCUT2D eigenvalue weighted by Crippen LogP contribution is 2.42. The Balaban J connectivity index is 1.14. The van der Waals surface area contributed by atoms with Crippen LogP contribution in [0.2, 0.25) is 0 Å². The molecule has 7 aromatic rings. The molecule has 59 heavy (non-hydrogen) atoms. The Morgan fingerprint density at radius 3 is 0.915 bits per heavy atom. The van der Waals surface area contributed by atoms with Crippen LogP contribution in [-0.2, 0) is 0 Å². The van der Waals surface area contributed by atoms with E-state index >= 15 is 0 Å². The van der Waals surface area contributed by atoms with Crippen molar-refractivity contribution in [2.75, 3.05) is 9.80 Å². The third-order valence-electron chi connectivity index (χ3n) is 12.2. The summed E-state index contributed by atoms with van der Waals surface area (Å²) in [5, 5.41) is 0. The van der Waals surface area contributed by atoms with Crippen molar-refractivity contribution >= 4 is 57.2 Å². The summed E-state index contributed by atoms with van der Waals surface area (Å²) < 4.78 is 13.6. The van der Waals surface area contributed by atoms with E-state index in [-0.39, 0.29) is 6.71 Å². The fraction of sp³-hybridized carbons (Fsp3) is 0.222. The zero-order valence-electron chi connectivity index (χ0n) is 35.5. The zero-order valence-corrected chi connectivity index (χ0v) is 35.5. The molecule has 0 amide bonds. The van der Waals surface area contributed by atoms with Crippen LogP contribution in [0.1, 0.15) is 101 Å². The van der Waals surface area contributed by atoms with Crippen LogP contribution in [0, 0.1) is 0 Å². The minimum Gasteiger partial charge on any atom is -0.458 e. The summed E-state index contributed by atoms with van der Waals surface area (Å²) in [6.45, 7) is 17.9. The molecule has 7 aromatic carbocycles. The van der Waals surface area contributed by atoms with Crippen LogP contribution in [0.3, 0.4) is 0 Å². The lowest BCUT2D eigenvalue weighted by Gasteiger charge is -2.35. The van der Waals surface area contributed by atoms with Gasteiger partial charge in [-0.2, -0.15) is 0 Å². The highest BCUT2D eigenvalue weighted by atomic mass is 16.5. The molecule has 0 bridgehead atoms. The molecule has 0 fully saturated rings. The van der Waals surface area contributed by atoms with Gasteiger partial charge in [0.25, 0.3) is 6.71 Å². The van der Waals surface area contributed by atoms with Crippen LogP contribution in [0.15, 0.2) is 152 Å². The first kappa shape index (κ1) is 38.3. The second-order valence-electron chi connectivity index (χ2n) is 17.4. The van der Waals surface area contributed by atoms with Crippen LogP contribution in [-0.4, -0.2) is 6.71 Å². The molecule has 0 saturated heterocycles. The first-order chi connectivity index (χ1) is 28.5. The van der Waals surface area contributed by atoms with Gasteiger partial charge in [-0.25, -0.2) is 0 Å². The van der Waals surface area contributed by atoms with Crippen molar-refractivity contribution in [2.45, 2.75) is 79.1 Å². The first-order valence-corrected chi connectivity index (χ1v) is 21.3. The number of hydrogen-bond acceptors (Lipinski definition) is 4. The molecule has 0 atom stereocenters.